The van der Waals surface area contributed by atoms with Crippen LogP contribution in [0.2, 0.25) is 5.02 Å². The van der Waals surface area contributed by atoms with E-state index in [1.807, 2.05) is 0 Å². The Kier molecular flexibility index (Phi) is 14.7. The lowest BCUT2D eigenvalue weighted by Crippen LogP contribution is -2.48. The van der Waals surface area contributed by atoms with Crippen molar-refractivity contribution in [3.63, 3.8) is 0 Å². The summed E-state index contributed by atoms with van der Waals surface area (Å²) in [6.07, 6.45) is -2.48. The lowest BCUT2D eigenvalue weighted by atomic mass is 10.0. The van der Waals surface area contributed by atoms with E-state index in [0.717, 1.165) is 0 Å². The summed E-state index contributed by atoms with van der Waals surface area (Å²) >= 11 is 12.5. The number of hydrazone groups is 1. The largest absolute Gasteiger partial charge is 0.466 e. The van der Waals surface area contributed by atoms with Crippen LogP contribution in [0.1, 0.15) is 77.4 Å². The number of nitrogens with one attached hydrogen (secondary N) is 3. The number of halogens is 2. The molecule has 3 rings (SSSR count). The Morgan fingerprint density at radius 1 is 0.811 bits per heavy atom. The average molecular weight is 793 g/mol. The Morgan fingerprint density at radius 2 is 1.38 bits per heavy atom. The van der Waals surface area contributed by atoms with E-state index in [0.29, 0.717) is 15.0 Å². The van der Waals surface area contributed by atoms with E-state index >= 15 is 0 Å². The highest BCUT2D eigenvalue weighted by molar-refractivity contribution is 7.92. The summed E-state index contributed by atoms with van der Waals surface area (Å²) in [5.41, 5.74) is -1.37. The summed E-state index contributed by atoms with van der Waals surface area (Å²) in [5.74, 6) is -1.98. The fraction of sp³-hybridized carbons (Fsp3) is 0.361. The third-order valence-corrected chi connectivity index (χ3v) is 8.90. The summed E-state index contributed by atoms with van der Waals surface area (Å²) < 4.78 is 44.8. The van der Waals surface area contributed by atoms with Gasteiger partial charge in [-0.15, -0.1) is 16.7 Å². The van der Waals surface area contributed by atoms with Gasteiger partial charge in [0.1, 0.15) is 16.6 Å². The fourth-order valence-electron chi connectivity index (χ4n) is 4.44. The molecule has 0 aromatic heterocycles. The summed E-state index contributed by atoms with van der Waals surface area (Å²) in [7, 11) is -4.59. The van der Waals surface area contributed by atoms with Crippen molar-refractivity contribution in [1.82, 2.24) is 16.0 Å². The number of esters is 1. The maximum absolute atomic E-state index is 14.2. The quantitative estimate of drug-likeness (QED) is 0.0463. The summed E-state index contributed by atoms with van der Waals surface area (Å²) in [6, 6.07) is 18.3. The number of anilines is 1. The molecular weight excluding hydrogens is 749 g/mol. The van der Waals surface area contributed by atoms with Crippen LogP contribution in [-0.2, 0) is 33.8 Å². The van der Waals surface area contributed by atoms with Crippen LogP contribution in [0.25, 0.3) is 0 Å². The SMILES string of the molecule is CCOC(=O)CC(NC(=O)C(Cl)c1ccc(Cl)cc1)c1cccc(N(N=C(NC(=O)OC(C)(C)C)NC(=O)OC(C)(C)C)S(=O)(=O)c2ccccc2)c1. The molecule has 0 fully saturated rings. The highest BCUT2D eigenvalue weighted by Crippen LogP contribution is 2.30. The maximum Gasteiger partial charge on any atom is 0.414 e. The molecule has 53 heavy (non-hydrogen) atoms. The number of alkyl carbamates (subject to hydrolysis) is 2. The molecule has 3 aromatic rings. The van der Waals surface area contributed by atoms with Crippen LogP contribution >= 0.6 is 23.2 Å². The van der Waals surface area contributed by atoms with Gasteiger partial charge in [-0.2, -0.15) is 12.8 Å². The van der Waals surface area contributed by atoms with Crippen LogP contribution in [0.15, 0.2) is 88.9 Å². The van der Waals surface area contributed by atoms with E-state index in [9.17, 15) is 27.6 Å². The molecule has 0 aliphatic heterocycles. The first-order valence-electron chi connectivity index (χ1n) is 16.3. The molecule has 0 spiro atoms. The van der Waals surface area contributed by atoms with Crippen molar-refractivity contribution < 1.29 is 41.8 Å². The number of alkyl halides is 1. The zero-order valence-corrected chi connectivity index (χ0v) is 32.6. The van der Waals surface area contributed by atoms with E-state index in [2.05, 4.69) is 21.1 Å². The van der Waals surface area contributed by atoms with Crippen molar-refractivity contribution in [2.75, 3.05) is 11.0 Å². The molecular formula is C36H43Cl2N5O9S. The minimum absolute atomic E-state index is 0.0678. The van der Waals surface area contributed by atoms with Gasteiger partial charge < -0.3 is 19.5 Å². The molecule has 0 saturated carbocycles. The summed E-state index contributed by atoms with van der Waals surface area (Å²) in [6.45, 7) is 11.3. The highest BCUT2D eigenvalue weighted by atomic mass is 35.5. The first kappa shape index (κ1) is 42.6. The van der Waals surface area contributed by atoms with Gasteiger partial charge in [-0.25, -0.2) is 9.59 Å². The van der Waals surface area contributed by atoms with Crippen LogP contribution in [0.5, 0.6) is 0 Å². The lowest BCUT2D eigenvalue weighted by molar-refractivity contribution is -0.143. The molecule has 2 unspecified atom stereocenters. The lowest BCUT2D eigenvalue weighted by Gasteiger charge is -2.25. The summed E-state index contributed by atoms with van der Waals surface area (Å²) in [5, 5.41) is 10.8. The Bertz CT molecular complexity index is 1860. The number of carbonyl (C=O) groups excluding carboxylic acids is 4. The van der Waals surface area contributed by atoms with Crippen molar-refractivity contribution in [2.45, 2.75) is 82.4 Å². The van der Waals surface area contributed by atoms with Gasteiger partial charge in [-0.1, -0.05) is 54.1 Å². The second-order valence-electron chi connectivity index (χ2n) is 13.3. The van der Waals surface area contributed by atoms with Crippen molar-refractivity contribution in [1.29, 1.82) is 0 Å². The summed E-state index contributed by atoms with van der Waals surface area (Å²) in [4.78, 5) is 51.7. The number of sulfonamides is 1. The van der Waals surface area contributed by atoms with Gasteiger partial charge in [0.25, 0.3) is 10.0 Å². The number of amides is 3. The Labute approximate surface area is 319 Å². The molecule has 0 aliphatic rings. The molecule has 3 amide bonds. The molecule has 0 bridgehead atoms. The number of nitrogens with zero attached hydrogens (tertiary/aromatic N) is 2. The van der Waals surface area contributed by atoms with Gasteiger partial charge in [-0.05, 0) is 96.0 Å². The normalized spacial score (nSPS) is 12.7. The van der Waals surface area contributed by atoms with Gasteiger partial charge in [-0.3, -0.25) is 20.2 Å². The van der Waals surface area contributed by atoms with Gasteiger partial charge in [0.15, 0.2) is 0 Å². The first-order valence-corrected chi connectivity index (χ1v) is 18.6. The number of ether oxygens (including phenoxy) is 3. The van der Waals surface area contributed by atoms with E-state index in [1.54, 1.807) is 84.9 Å². The monoisotopic (exact) mass is 791 g/mol. The number of guanidine groups is 1. The zero-order chi connectivity index (χ0) is 39.6. The minimum atomic E-state index is -4.59. The van der Waals surface area contributed by atoms with Gasteiger partial charge in [0, 0.05) is 5.02 Å². The molecule has 3 aromatic carbocycles. The van der Waals surface area contributed by atoms with Crippen LogP contribution in [0, 0.1) is 0 Å². The molecule has 2 atom stereocenters. The predicted octanol–water partition coefficient (Wildman–Crippen LogP) is 6.95. The van der Waals surface area contributed by atoms with Crippen LogP contribution in [-0.4, -0.2) is 56.2 Å². The molecule has 17 heteroatoms. The van der Waals surface area contributed by atoms with Crippen LogP contribution in [0.4, 0.5) is 15.3 Å². The smallest absolute Gasteiger partial charge is 0.414 e. The van der Waals surface area contributed by atoms with E-state index in [4.69, 9.17) is 37.4 Å². The number of hydrogen-bond donors (Lipinski definition) is 3. The topological polar surface area (TPSA) is 182 Å². The van der Waals surface area contributed by atoms with E-state index in [-0.39, 0.29) is 29.2 Å². The first-order chi connectivity index (χ1) is 24.7. The Hall–Kier alpha value is -4.86. The van der Waals surface area contributed by atoms with Crippen molar-refractivity contribution >= 4 is 68.9 Å². The molecule has 3 N–H and O–H groups in total. The number of rotatable bonds is 11. The molecule has 14 nitrogen and oxygen atoms in total. The Balaban J connectivity index is 2.18. The molecule has 286 valence electrons. The second kappa shape index (κ2) is 18.3. The highest BCUT2D eigenvalue weighted by Gasteiger charge is 2.30. The predicted molar refractivity (Wildman–Crippen MR) is 201 cm³/mol. The fourth-order valence-corrected chi connectivity index (χ4v) is 6.06. The maximum atomic E-state index is 14.2. The molecule has 0 aliphatic carbocycles. The number of carbonyl (C=O) groups is 4. The van der Waals surface area contributed by atoms with Gasteiger partial charge in [0.05, 0.1) is 29.7 Å². The Morgan fingerprint density at radius 3 is 1.91 bits per heavy atom. The molecule has 0 saturated heterocycles. The average Bonchev–Trinajstić information content (AvgIpc) is 3.05. The van der Waals surface area contributed by atoms with E-state index in [1.165, 1.54) is 42.5 Å². The molecule has 0 radical (unpaired) electrons. The van der Waals surface area contributed by atoms with E-state index < -0.39 is 62.7 Å². The van der Waals surface area contributed by atoms with Gasteiger partial charge in [0.2, 0.25) is 11.9 Å². The van der Waals surface area contributed by atoms with Gasteiger partial charge >= 0.3 is 18.2 Å². The number of benzene rings is 3. The number of hydrogen-bond acceptors (Lipinski definition) is 10. The third-order valence-electron chi connectivity index (χ3n) is 6.58. The zero-order valence-electron chi connectivity index (χ0n) is 30.3. The van der Waals surface area contributed by atoms with Crippen LogP contribution < -0.4 is 20.4 Å². The standard InChI is InChI=1S/C36H43Cl2N5O9S/c1-8-50-29(44)22-28(39-31(45)30(38)23-17-19-25(37)20-18-23)24-13-12-14-26(21-24)43(53(48,49)27-15-10-9-11-16-27)42-32(40-33(46)51-35(2,3)4)41-34(47)52-36(5,6)7/h9-21,28,30H,8,22H2,1-7H3,(H,39,45)(H2,40,41,42,46,47). The van der Waals surface area contributed by atoms with Crippen LogP contribution in [0.3, 0.4) is 0 Å². The third kappa shape index (κ3) is 13.6. The van der Waals surface area contributed by atoms with Crippen molar-refractivity contribution in [3.05, 3.63) is 95.0 Å². The van der Waals surface area contributed by atoms with Crippen molar-refractivity contribution in [3.8, 4) is 0 Å². The van der Waals surface area contributed by atoms with Crippen molar-refractivity contribution in [2.24, 2.45) is 5.10 Å². The molecule has 0 heterocycles. The minimum Gasteiger partial charge on any atom is -0.466 e. The second-order valence-corrected chi connectivity index (χ2v) is 16.0.